The van der Waals surface area contributed by atoms with Gasteiger partial charge >= 0.3 is 0 Å². The van der Waals surface area contributed by atoms with E-state index in [1.807, 2.05) is 6.92 Å². The van der Waals surface area contributed by atoms with Crippen molar-refractivity contribution in [1.82, 2.24) is 0 Å². The summed E-state index contributed by atoms with van der Waals surface area (Å²) in [6.07, 6.45) is 0. The van der Waals surface area contributed by atoms with E-state index in [1.54, 1.807) is 23.5 Å². The number of carbonyl (C=O) groups excluding carboxylic acids is 1. The lowest BCUT2D eigenvalue weighted by Crippen LogP contribution is -2.86. The van der Waals surface area contributed by atoms with Gasteiger partial charge in [-0.15, -0.1) is 0 Å². The van der Waals surface area contributed by atoms with Crippen molar-refractivity contribution >= 4 is 34.8 Å². The number of ether oxygens (including phenoxy) is 2. The number of amides is 1. The standard InChI is InChI=1S/C17H15Cl2FN2O3/c1-9(11-5-14(20)13(19)6-12(11)18)21-7-17(23)22-10-2-3-15-16(4-10)25-8-24-15/h2-6,9,21H,7-8H2,1H3,(H,22,23)/p+1/t9-/m1/s1. The summed E-state index contributed by atoms with van der Waals surface area (Å²) >= 11 is 11.8. The first-order valence-electron chi connectivity index (χ1n) is 7.61. The van der Waals surface area contributed by atoms with E-state index in [0.29, 0.717) is 27.8 Å². The van der Waals surface area contributed by atoms with Gasteiger partial charge < -0.3 is 20.1 Å². The first kappa shape index (κ1) is 17.8. The third kappa shape index (κ3) is 4.15. The molecule has 1 heterocycles. The summed E-state index contributed by atoms with van der Waals surface area (Å²) in [6.45, 7) is 2.16. The van der Waals surface area contributed by atoms with Crippen molar-refractivity contribution in [3.05, 3.63) is 51.8 Å². The molecule has 0 saturated heterocycles. The minimum absolute atomic E-state index is 0.0264. The van der Waals surface area contributed by atoms with Crippen LogP contribution < -0.4 is 20.1 Å². The van der Waals surface area contributed by atoms with Gasteiger partial charge in [0.05, 0.1) is 10.0 Å². The quantitative estimate of drug-likeness (QED) is 0.777. The summed E-state index contributed by atoms with van der Waals surface area (Å²) in [5.41, 5.74) is 1.20. The molecule has 0 spiro atoms. The van der Waals surface area contributed by atoms with E-state index in [9.17, 15) is 9.18 Å². The second-order valence-corrected chi connectivity index (χ2v) is 6.45. The largest absolute Gasteiger partial charge is 0.454 e. The van der Waals surface area contributed by atoms with Gasteiger partial charge in [0.25, 0.3) is 5.91 Å². The molecule has 25 heavy (non-hydrogen) atoms. The van der Waals surface area contributed by atoms with Crippen LogP contribution in [0.15, 0.2) is 30.3 Å². The number of benzene rings is 2. The number of hydrogen-bond donors (Lipinski definition) is 2. The molecule has 1 aliphatic rings. The lowest BCUT2D eigenvalue weighted by atomic mass is 10.1. The SMILES string of the molecule is C[C@@H]([NH2+]CC(=O)Nc1ccc2c(c1)OCO2)c1cc(F)c(Cl)cc1Cl. The van der Waals surface area contributed by atoms with Gasteiger partial charge in [0.2, 0.25) is 6.79 Å². The van der Waals surface area contributed by atoms with Crippen molar-refractivity contribution in [3.8, 4) is 11.5 Å². The number of nitrogens with two attached hydrogens (primary N) is 1. The summed E-state index contributed by atoms with van der Waals surface area (Å²) in [5, 5.41) is 4.88. The Labute approximate surface area is 154 Å². The average Bonchev–Trinajstić information content (AvgIpc) is 3.03. The van der Waals surface area contributed by atoms with Gasteiger partial charge in [-0.1, -0.05) is 23.2 Å². The monoisotopic (exact) mass is 385 g/mol. The number of quaternary nitrogens is 1. The Morgan fingerprint density at radius 3 is 2.80 bits per heavy atom. The van der Waals surface area contributed by atoms with Gasteiger partial charge in [0, 0.05) is 17.3 Å². The Balaban J connectivity index is 1.58. The average molecular weight is 386 g/mol. The fourth-order valence-corrected chi connectivity index (χ4v) is 3.04. The van der Waals surface area contributed by atoms with Crippen LogP contribution in [-0.2, 0) is 4.79 Å². The topological polar surface area (TPSA) is 64.2 Å². The number of halogens is 3. The van der Waals surface area contributed by atoms with E-state index in [2.05, 4.69) is 5.32 Å². The van der Waals surface area contributed by atoms with Crippen LogP contribution in [-0.4, -0.2) is 19.2 Å². The van der Waals surface area contributed by atoms with Crippen LogP contribution in [0.1, 0.15) is 18.5 Å². The molecule has 1 amide bonds. The smallest absolute Gasteiger partial charge is 0.279 e. The highest BCUT2D eigenvalue weighted by Gasteiger charge is 2.18. The summed E-state index contributed by atoms with van der Waals surface area (Å²) in [4.78, 5) is 12.1. The van der Waals surface area contributed by atoms with Crippen LogP contribution in [0.4, 0.5) is 10.1 Å². The van der Waals surface area contributed by atoms with Gasteiger partial charge in [-0.25, -0.2) is 4.39 Å². The zero-order valence-electron chi connectivity index (χ0n) is 13.3. The molecule has 1 aliphatic heterocycles. The molecule has 3 N–H and O–H groups in total. The van der Waals surface area contributed by atoms with E-state index in [-0.39, 0.29) is 30.3 Å². The number of carbonyl (C=O) groups is 1. The van der Waals surface area contributed by atoms with Gasteiger partial charge in [-0.2, -0.15) is 0 Å². The maximum absolute atomic E-state index is 13.6. The molecule has 0 saturated carbocycles. The van der Waals surface area contributed by atoms with E-state index in [1.165, 1.54) is 12.1 Å². The third-order valence-corrected chi connectivity index (χ3v) is 4.46. The van der Waals surface area contributed by atoms with Crippen LogP contribution in [0.5, 0.6) is 11.5 Å². The summed E-state index contributed by atoms with van der Waals surface area (Å²) < 4.78 is 24.1. The molecule has 0 aromatic heterocycles. The van der Waals surface area contributed by atoms with Crippen LogP contribution in [0.3, 0.4) is 0 Å². The second kappa shape index (κ2) is 7.47. The van der Waals surface area contributed by atoms with E-state index in [4.69, 9.17) is 32.7 Å². The molecule has 0 fully saturated rings. The maximum atomic E-state index is 13.6. The van der Waals surface area contributed by atoms with Crippen molar-refractivity contribution in [2.75, 3.05) is 18.7 Å². The molecular weight excluding hydrogens is 370 g/mol. The minimum atomic E-state index is -0.536. The second-order valence-electron chi connectivity index (χ2n) is 5.63. The van der Waals surface area contributed by atoms with E-state index in [0.717, 1.165) is 0 Å². The van der Waals surface area contributed by atoms with Crippen LogP contribution >= 0.6 is 23.2 Å². The number of hydrogen-bond acceptors (Lipinski definition) is 3. The zero-order valence-corrected chi connectivity index (χ0v) is 14.8. The molecule has 0 aliphatic carbocycles. The molecule has 5 nitrogen and oxygen atoms in total. The molecule has 0 bridgehead atoms. The van der Waals surface area contributed by atoms with E-state index >= 15 is 0 Å². The Bertz CT molecular complexity index is 817. The molecule has 3 rings (SSSR count). The number of fused-ring (bicyclic) bond motifs is 1. The van der Waals surface area contributed by atoms with Crippen molar-refractivity contribution in [3.63, 3.8) is 0 Å². The summed E-state index contributed by atoms with van der Waals surface area (Å²) in [5.74, 6) is 0.513. The fraction of sp³-hybridized carbons (Fsp3) is 0.235. The minimum Gasteiger partial charge on any atom is -0.454 e. The van der Waals surface area contributed by atoms with Crippen molar-refractivity contribution in [1.29, 1.82) is 0 Å². The van der Waals surface area contributed by atoms with E-state index < -0.39 is 5.82 Å². The zero-order chi connectivity index (χ0) is 18.0. The fourth-order valence-electron chi connectivity index (χ4n) is 2.48. The number of anilines is 1. The Kier molecular flexibility index (Phi) is 5.32. The predicted molar refractivity (Wildman–Crippen MR) is 92.8 cm³/mol. The number of rotatable bonds is 5. The van der Waals surface area contributed by atoms with Crippen LogP contribution in [0, 0.1) is 5.82 Å². The molecule has 1 atom stereocenters. The van der Waals surface area contributed by atoms with Gasteiger partial charge in [0.1, 0.15) is 11.9 Å². The molecule has 2 aromatic carbocycles. The Morgan fingerprint density at radius 1 is 1.24 bits per heavy atom. The molecule has 8 heteroatoms. The molecule has 0 unspecified atom stereocenters. The molecule has 132 valence electrons. The molecule has 2 aromatic rings. The summed E-state index contributed by atoms with van der Waals surface area (Å²) in [6, 6.07) is 7.63. The molecule has 0 radical (unpaired) electrons. The first-order chi connectivity index (χ1) is 11.9. The van der Waals surface area contributed by atoms with Crippen molar-refractivity contribution < 1.29 is 24.0 Å². The van der Waals surface area contributed by atoms with Gasteiger partial charge in [-0.05, 0) is 31.2 Å². The highest BCUT2D eigenvalue weighted by Crippen LogP contribution is 2.34. The Hall–Kier alpha value is -2.02. The predicted octanol–water partition coefficient (Wildman–Crippen LogP) is 3.12. The van der Waals surface area contributed by atoms with Crippen LogP contribution in [0.25, 0.3) is 0 Å². The van der Waals surface area contributed by atoms with Crippen molar-refractivity contribution in [2.24, 2.45) is 0 Å². The molecular formula is C17H16Cl2FN2O3+. The number of nitrogens with one attached hydrogen (secondary N) is 1. The summed E-state index contributed by atoms with van der Waals surface area (Å²) in [7, 11) is 0. The lowest BCUT2D eigenvalue weighted by Gasteiger charge is -2.13. The van der Waals surface area contributed by atoms with Gasteiger partial charge in [0.15, 0.2) is 18.0 Å². The van der Waals surface area contributed by atoms with Crippen LogP contribution in [0.2, 0.25) is 10.0 Å². The highest BCUT2D eigenvalue weighted by atomic mass is 35.5. The maximum Gasteiger partial charge on any atom is 0.279 e. The van der Waals surface area contributed by atoms with Gasteiger partial charge in [-0.3, -0.25) is 4.79 Å². The highest BCUT2D eigenvalue weighted by molar-refractivity contribution is 6.35. The van der Waals surface area contributed by atoms with Crippen molar-refractivity contribution in [2.45, 2.75) is 13.0 Å². The lowest BCUT2D eigenvalue weighted by molar-refractivity contribution is -0.682. The first-order valence-corrected chi connectivity index (χ1v) is 8.37. The third-order valence-electron chi connectivity index (χ3n) is 3.84. The Morgan fingerprint density at radius 2 is 2.00 bits per heavy atom. The normalized spacial score (nSPS) is 13.6.